The molecule has 0 aliphatic heterocycles. The van der Waals surface area contributed by atoms with Crippen LogP contribution in [0.4, 0.5) is 5.69 Å². The molecule has 0 saturated carbocycles. The fourth-order valence-electron chi connectivity index (χ4n) is 7.64. The van der Waals surface area contributed by atoms with Crippen LogP contribution in [0.25, 0.3) is 91.1 Å². The summed E-state index contributed by atoms with van der Waals surface area (Å²) < 4.78 is 6.99. The fraction of sp³-hybridized carbons (Fsp3) is 0. The Kier molecular flexibility index (Phi) is 5.84. The van der Waals surface area contributed by atoms with Gasteiger partial charge in [-0.2, -0.15) is 5.26 Å². The van der Waals surface area contributed by atoms with Crippen LogP contribution >= 0.6 is 11.3 Å². The van der Waals surface area contributed by atoms with Crippen molar-refractivity contribution in [3.8, 4) is 28.6 Å². The second-order valence-electron chi connectivity index (χ2n) is 12.3. The lowest BCUT2D eigenvalue weighted by Gasteiger charge is -2.14. The van der Waals surface area contributed by atoms with Gasteiger partial charge in [0.1, 0.15) is 0 Å². The Morgan fingerprint density at radius 3 is 1.69 bits per heavy atom. The zero-order chi connectivity index (χ0) is 32.6. The third-order valence-electron chi connectivity index (χ3n) is 9.78. The molecule has 0 atom stereocenters. The number of aromatic nitrogens is 2. The summed E-state index contributed by atoms with van der Waals surface area (Å²) >= 11 is 1.81. The topological polar surface area (TPSA) is 38.0 Å². The van der Waals surface area contributed by atoms with Gasteiger partial charge in [0.2, 0.25) is 0 Å². The number of benzene rings is 7. The van der Waals surface area contributed by atoms with Crippen molar-refractivity contribution < 1.29 is 0 Å². The van der Waals surface area contributed by atoms with Crippen molar-refractivity contribution in [1.82, 2.24) is 9.13 Å². The van der Waals surface area contributed by atoms with Gasteiger partial charge in [0, 0.05) is 53.1 Å². The van der Waals surface area contributed by atoms with Crippen molar-refractivity contribution in [2.24, 2.45) is 0 Å². The molecule has 0 fully saturated rings. The number of thiophene rings is 1. The molecule has 0 aliphatic carbocycles. The van der Waals surface area contributed by atoms with Crippen molar-refractivity contribution in [3.63, 3.8) is 0 Å². The van der Waals surface area contributed by atoms with Gasteiger partial charge in [-0.1, -0.05) is 84.9 Å². The maximum absolute atomic E-state index is 10.4. The highest BCUT2D eigenvalue weighted by atomic mass is 32.1. The van der Waals surface area contributed by atoms with Crippen LogP contribution in [0.3, 0.4) is 0 Å². The minimum atomic E-state index is 0.507. The summed E-state index contributed by atoms with van der Waals surface area (Å²) in [5, 5.41) is 17.7. The summed E-state index contributed by atoms with van der Waals surface area (Å²) in [5.74, 6) is 0. The maximum Gasteiger partial charge on any atom is 0.197 e. The van der Waals surface area contributed by atoms with Crippen LogP contribution in [0.15, 0.2) is 146 Å². The van der Waals surface area contributed by atoms with Gasteiger partial charge in [-0.15, -0.1) is 11.3 Å². The number of rotatable bonds is 3. The summed E-state index contributed by atoms with van der Waals surface area (Å²) in [5.41, 5.74) is 8.74. The van der Waals surface area contributed by atoms with Crippen molar-refractivity contribution in [2.45, 2.75) is 0 Å². The van der Waals surface area contributed by atoms with Gasteiger partial charge < -0.3 is 9.13 Å². The number of para-hydroxylation sites is 3. The van der Waals surface area contributed by atoms with E-state index in [2.05, 4.69) is 129 Å². The standard InChI is InChI=1S/C44H24N4S/c1-46-38-23-29(48-41-16-8-4-12-34(41)36-24-37-35-13-5-9-17-43(35)49-44(37)25-42(36)48)19-21-31(38)30-20-18-28(22-27(30)26-45)47-39-14-6-2-10-32(39)33-11-3-7-15-40(33)47/h2-25H. The lowest BCUT2D eigenvalue weighted by Crippen LogP contribution is -1.97. The van der Waals surface area contributed by atoms with Crippen LogP contribution < -0.4 is 0 Å². The molecular weight excluding hydrogens is 617 g/mol. The Morgan fingerprint density at radius 2 is 1.04 bits per heavy atom. The zero-order valence-corrected chi connectivity index (χ0v) is 26.9. The highest BCUT2D eigenvalue weighted by Crippen LogP contribution is 2.42. The fourth-order valence-corrected chi connectivity index (χ4v) is 8.77. The van der Waals surface area contributed by atoms with Crippen LogP contribution in [0, 0.1) is 17.9 Å². The van der Waals surface area contributed by atoms with E-state index < -0.39 is 0 Å². The van der Waals surface area contributed by atoms with Gasteiger partial charge in [-0.05, 0) is 71.8 Å². The van der Waals surface area contributed by atoms with E-state index in [1.54, 1.807) is 0 Å². The second-order valence-corrected chi connectivity index (χ2v) is 13.4. The predicted octanol–water partition coefficient (Wildman–Crippen LogP) is 12.3. The minimum absolute atomic E-state index is 0.507. The first-order chi connectivity index (χ1) is 24.2. The number of hydrogen-bond acceptors (Lipinski definition) is 2. The number of nitriles is 1. The van der Waals surface area contributed by atoms with Gasteiger partial charge in [-0.25, -0.2) is 4.85 Å². The first-order valence-corrected chi connectivity index (χ1v) is 16.9. The van der Waals surface area contributed by atoms with E-state index in [0.717, 1.165) is 44.6 Å². The predicted molar refractivity (Wildman–Crippen MR) is 204 cm³/mol. The van der Waals surface area contributed by atoms with Crippen molar-refractivity contribution >= 4 is 80.8 Å². The smallest absolute Gasteiger partial charge is 0.197 e. The molecule has 0 unspecified atom stereocenters. The average Bonchev–Trinajstić information content (AvgIpc) is 3.80. The maximum atomic E-state index is 10.4. The molecule has 10 rings (SSSR count). The molecule has 0 saturated heterocycles. The van der Waals surface area contributed by atoms with E-state index in [9.17, 15) is 5.26 Å². The third kappa shape index (κ3) is 3.95. The van der Waals surface area contributed by atoms with Crippen molar-refractivity contribution in [2.75, 3.05) is 0 Å². The summed E-state index contributed by atoms with van der Waals surface area (Å²) in [6.45, 7) is 8.25. The molecule has 5 heteroatoms. The van der Waals surface area contributed by atoms with Crippen molar-refractivity contribution in [3.05, 3.63) is 163 Å². The van der Waals surface area contributed by atoms with E-state index in [-0.39, 0.29) is 0 Å². The number of nitrogens with zero attached hydrogens (tertiary/aromatic N) is 4. The molecule has 4 nitrogen and oxygen atoms in total. The summed E-state index contributed by atoms with van der Waals surface area (Å²) in [6, 6.07) is 52.9. The molecule has 0 bridgehead atoms. The van der Waals surface area contributed by atoms with Gasteiger partial charge in [0.05, 0.1) is 40.3 Å². The normalized spacial score (nSPS) is 11.6. The van der Waals surface area contributed by atoms with E-state index in [1.807, 2.05) is 47.7 Å². The Labute approximate surface area is 285 Å². The Bertz CT molecular complexity index is 3030. The highest BCUT2D eigenvalue weighted by Gasteiger charge is 2.19. The van der Waals surface area contributed by atoms with Gasteiger partial charge in [0.25, 0.3) is 0 Å². The largest absolute Gasteiger partial charge is 0.310 e. The molecule has 0 amide bonds. The SMILES string of the molecule is [C-]#[N+]c1cc(-n2c3ccccc3c3cc4c(cc32)sc2ccccc24)ccc1-c1ccc(-n2c3ccccc3c3ccccc32)cc1C#N. The Morgan fingerprint density at radius 1 is 0.490 bits per heavy atom. The van der Waals surface area contributed by atoms with Gasteiger partial charge in [0.15, 0.2) is 5.69 Å². The summed E-state index contributed by atoms with van der Waals surface area (Å²) in [6.07, 6.45) is 0. The van der Waals surface area contributed by atoms with Crippen LogP contribution in [0.5, 0.6) is 0 Å². The lowest BCUT2D eigenvalue weighted by atomic mass is 9.97. The molecule has 0 N–H and O–H groups in total. The summed E-state index contributed by atoms with van der Waals surface area (Å²) in [4.78, 5) is 4.01. The molecule has 226 valence electrons. The quantitative estimate of drug-likeness (QED) is 0.177. The molecule has 3 heterocycles. The van der Waals surface area contributed by atoms with Crippen LogP contribution in [0.1, 0.15) is 5.56 Å². The number of hydrogen-bond donors (Lipinski definition) is 0. The van der Waals surface area contributed by atoms with E-state index in [4.69, 9.17) is 6.57 Å². The van der Waals surface area contributed by atoms with Crippen LogP contribution in [-0.2, 0) is 0 Å². The van der Waals surface area contributed by atoms with E-state index >= 15 is 0 Å². The molecule has 0 spiro atoms. The molecule has 49 heavy (non-hydrogen) atoms. The Hall–Kier alpha value is -6.66. The molecular formula is C44H24N4S. The third-order valence-corrected chi connectivity index (χ3v) is 10.9. The van der Waals surface area contributed by atoms with E-state index in [1.165, 1.54) is 41.7 Å². The summed E-state index contributed by atoms with van der Waals surface area (Å²) in [7, 11) is 0. The molecule has 7 aromatic carbocycles. The molecule has 0 aliphatic rings. The van der Waals surface area contributed by atoms with E-state index in [0.29, 0.717) is 11.3 Å². The first kappa shape index (κ1) is 27.5. The molecule has 0 radical (unpaired) electrons. The Balaban J connectivity index is 1.15. The highest BCUT2D eigenvalue weighted by molar-refractivity contribution is 7.25. The first-order valence-electron chi connectivity index (χ1n) is 16.1. The van der Waals surface area contributed by atoms with Gasteiger partial charge >= 0.3 is 0 Å². The molecule has 10 aromatic rings. The van der Waals surface area contributed by atoms with Crippen molar-refractivity contribution in [1.29, 1.82) is 5.26 Å². The van der Waals surface area contributed by atoms with Crippen LogP contribution in [0.2, 0.25) is 0 Å². The molecule has 3 aromatic heterocycles. The van der Waals surface area contributed by atoms with Crippen LogP contribution in [-0.4, -0.2) is 9.13 Å². The minimum Gasteiger partial charge on any atom is -0.310 e. The average molecular weight is 641 g/mol. The van der Waals surface area contributed by atoms with Gasteiger partial charge in [-0.3, -0.25) is 0 Å². The number of fused-ring (bicyclic) bond motifs is 9. The second kappa shape index (κ2) is 10.4. The monoisotopic (exact) mass is 640 g/mol. The lowest BCUT2D eigenvalue weighted by molar-refractivity contribution is 1.18. The zero-order valence-electron chi connectivity index (χ0n) is 26.1.